The van der Waals surface area contributed by atoms with Crippen molar-refractivity contribution < 1.29 is 9.32 Å². The van der Waals surface area contributed by atoms with Gasteiger partial charge in [0.05, 0.1) is 12.1 Å². The summed E-state index contributed by atoms with van der Waals surface area (Å²) in [7, 11) is 0. The van der Waals surface area contributed by atoms with E-state index in [0.29, 0.717) is 17.8 Å². The molecule has 1 amide bonds. The van der Waals surface area contributed by atoms with E-state index in [1.165, 1.54) is 0 Å². The molecule has 0 atom stereocenters. The maximum atomic E-state index is 11.9. The number of aryl methyl sites for hydroxylation is 1. The predicted octanol–water partition coefficient (Wildman–Crippen LogP) is 2.13. The summed E-state index contributed by atoms with van der Waals surface area (Å²) in [6.07, 6.45) is 2.59. The highest BCUT2D eigenvalue weighted by Crippen LogP contribution is 2.06. The van der Waals surface area contributed by atoms with E-state index in [4.69, 9.17) is 4.52 Å². The van der Waals surface area contributed by atoms with Gasteiger partial charge in [-0.1, -0.05) is 12.1 Å². The van der Waals surface area contributed by atoms with Gasteiger partial charge in [-0.15, -0.1) is 0 Å². The largest absolute Gasteiger partial charge is 0.370 e. The summed E-state index contributed by atoms with van der Waals surface area (Å²) in [4.78, 5) is 16.1. The first-order chi connectivity index (χ1) is 9.69. The zero-order valence-corrected chi connectivity index (χ0v) is 11.6. The smallest absolute Gasteiger partial charge is 0.253 e. The van der Waals surface area contributed by atoms with Crippen molar-refractivity contribution in [1.29, 1.82) is 0 Å². The monoisotopic (exact) mass is 274 g/mol. The standard InChI is InChI=1S/C14H18N4O2/c1-3-6-15-13-5-4-11(8-16-13)14(19)17-9-12-7-10(2)20-18-12/h4-5,7-8H,3,6,9H2,1-2H3,(H,15,16)(H,17,19). The van der Waals surface area contributed by atoms with E-state index < -0.39 is 0 Å². The zero-order valence-electron chi connectivity index (χ0n) is 11.6. The van der Waals surface area contributed by atoms with Crippen molar-refractivity contribution in [2.75, 3.05) is 11.9 Å². The number of pyridine rings is 1. The molecule has 0 spiro atoms. The molecular formula is C14H18N4O2. The lowest BCUT2D eigenvalue weighted by atomic mass is 10.2. The van der Waals surface area contributed by atoms with Crippen LogP contribution in [0.25, 0.3) is 0 Å². The number of hydrogen-bond acceptors (Lipinski definition) is 5. The molecule has 2 rings (SSSR count). The van der Waals surface area contributed by atoms with Gasteiger partial charge in [-0.25, -0.2) is 4.98 Å². The van der Waals surface area contributed by atoms with Crippen LogP contribution in [0.4, 0.5) is 5.82 Å². The first-order valence-corrected chi connectivity index (χ1v) is 6.59. The Bertz CT molecular complexity index is 563. The Balaban J connectivity index is 1.88. The van der Waals surface area contributed by atoms with Gasteiger partial charge in [-0.05, 0) is 25.5 Å². The van der Waals surface area contributed by atoms with Crippen LogP contribution in [0.2, 0.25) is 0 Å². The summed E-state index contributed by atoms with van der Waals surface area (Å²) >= 11 is 0. The van der Waals surface area contributed by atoms with Crippen molar-refractivity contribution in [3.05, 3.63) is 41.4 Å². The molecular weight excluding hydrogens is 256 g/mol. The topological polar surface area (TPSA) is 80.0 Å². The molecule has 106 valence electrons. The van der Waals surface area contributed by atoms with Crippen molar-refractivity contribution in [2.24, 2.45) is 0 Å². The number of amides is 1. The van der Waals surface area contributed by atoms with Gasteiger partial charge in [-0.3, -0.25) is 4.79 Å². The molecule has 0 aliphatic heterocycles. The molecule has 6 nitrogen and oxygen atoms in total. The lowest BCUT2D eigenvalue weighted by Crippen LogP contribution is -2.23. The Kier molecular flexibility index (Phi) is 4.70. The molecule has 0 radical (unpaired) electrons. The fourth-order valence-corrected chi connectivity index (χ4v) is 1.66. The van der Waals surface area contributed by atoms with Crippen LogP contribution in [0.1, 0.15) is 35.2 Å². The van der Waals surface area contributed by atoms with Crippen LogP contribution >= 0.6 is 0 Å². The fourth-order valence-electron chi connectivity index (χ4n) is 1.66. The molecule has 6 heteroatoms. The van der Waals surface area contributed by atoms with Gasteiger partial charge in [0.2, 0.25) is 0 Å². The fraction of sp³-hybridized carbons (Fsp3) is 0.357. The van der Waals surface area contributed by atoms with Crippen molar-refractivity contribution in [1.82, 2.24) is 15.5 Å². The molecule has 0 bridgehead atoms. The van der Waals surface area contributed by atoms with Gasteiger partial charge in [0.25, 0.3) is 5.91 Å². The van der Waals surface area contributed by atoms with E-state index in [1.807, 2.05) is 6.92 Å². The molecule has 0 aliphatic rings. The number of nitrogens with zero attached hydrogens (tertiary/aromatic N) is 2. The van der Waals surface area contributed by atoms with E-state index in [1.54, 1.807) is 24.4 Å². The highest BCUT2D eigenvalue weighted by molar-refractivity contribution is 5.93. The lowest BCUT2D eigenvalue weighted by Gasteiger charge is -2.05. The van der Waals surface area contributed by atoms with Gasteiger partial charge >= 0.3 is 0 Å². The second kappa shape index (κ2) is 6.70. The lowest BCUT2D eigenvalue weighted by molar-refractivity contribution is 0.0950. The normalized spacial score (nSPS) is 10.3. The van der Waals surface area contributed by atoms with Gasteiger partial charge in [0.1, 0.15) is 17.3 Å². The minimum atomic E-state index is -0.180. The predicted molar refractivity (Wildman–Crippen MR) is 75.4 cm³/mol. The summed E-state index contributed by atoms with van der Waals surface area (Å²) in [5.41, 5.74) is 1.22. The SMILES string of the molecule is CCCNc1ccc(C(=O)NCc2cc(C)on2)cn1. The Labute approximate surface area is 117 Å². The Morgan fingerprint density at radius 2 is 2.25 bits per heavy atom. The van der Waals surface area contributed by atoms with E-state index in [0.717, 1.165) is 24.5 Å². The second-order valence-electron chi connectivity index (χ2n) is 4.47. The maximum Gasteiger partial charge on any atom is 0.253 e. The summed E-state index contributed by atoms with van der Waals surface area (Å²) in [5.74, 6) is 1.32. The molecule has 2 N–H and O–H groups in total. The van der Waals surface area contributed by atoms with Crippen molar-refractivity contribution in [2.45, 2.75) is 26.8 Å². The zero-order chi connectivity index (χ0) is 14.4. The summed E-state index contributed by atoms with van der Waals surface area (Å²) in [6.45, 7) is 5.10. The number of anilines is 1. The molecule has 0 aromatic carbocycles. The molecule has 0 saturated heterocycles. The van der Waals surface area contributed by atoms with E-state index in [9.17, 15) is 4.79 Å². The molecule has 2 aromatic heterocycles. The highest BCUT2D eigenvalue weighted by Gasteiger charge is 2.07. The Morgan fingerprint density at radius 1 is 1.40 bits per heavy atom. The third-order valence-corrected chi connectivity index (χ3v) is 2.69. The number of aromatic nitrogens is 2. The minimum Gasteiger partial charge on any atom is -0.370 e. The summed E-state index contributed by atoms with van der Waals surface area (Å²) < 4.78 is 4.93. The van der Waals surface area contributed by atoms with E-state index in [2.05, 4.69) is 27.7 Å². The highest BCUT2D eigenvalue weighted by atomic mass is 16.5. The molecule has 2 aromatic rings. The van der Waals surface area contributed by atoms with Crippen LogP contribution in [0, 0.1) is 6.92 Å². The molecule has 2 heterocycles. The summed E-state index contributed by atoms with van der Waals surface area (Å²) in [5, 5.41) is 9.74. The summed E-state index contributed by atoms with van der Waals surface area (Å²) in [6, 6.07) is 5.33. The number of carbonyl (C=O) groups excluding carboxylic acids is 1. The van der Waals surface area contributed by atoms with Crippen LogP contribution in [0.15, 0.2) is 28.9 Å². The Morgan fingerprint density at radius 3 is 2.85 bits per heavy atom. The van der Waals surface area contributed by atoms with Gasteiger partial charge in [0, 0.05) is 18.8 Å². The van der Waals surface area contributed by atoms with Crippen molar-refractivity contribution in [3.8, 4) is 0 Å². The van der Waals surface area contributed by atoms with Crippen molar-refractivity contribution >= 4 is 11.7 Å². The van der Waals surface area contributed by atoms with Crippen LogP contribution in [0.3, 0.4) is 0 Å². The van der Waals surface area contributed by atoms with Crippen LogP contribution in [-0.4, -0.2) is 22.6 Å². The molecule has 0 aliphatic carbocycles. The van der Waals surface area contributed by atoms with Gasteiger partial charge in [-0.2, -0.15) is 0 Å². The van der Waals surface area contributed by atoms with Gasteiger partial charge in [0.15, 0.2) is 0 Å². The van der Waals surface area contributed by atoms with Crippen LogP contribution in [-0.2, 0) is 6.54 Å². The first kappa shape index (κ1) is 14.0. The molecule has 0 saturated carbocycles. The van der Waals surface area contributed by atoms with Crippen molar-refractivity contribution in [3.63, 3.8) is 0 Å². The Hall–Kier alpha value is -2.37. The average Bonchev–Trinajstić information content (AvgIpc) is 2.89. The molecule has 0 unspecified atom stereocenters. The minimum absolute atomic E-state index is 0.180. The first-order valence-electron chi connectivity index (χ1n) is 6.59. The van der Waals surface area contributed by atoms with E-state index >= 15 is 0 Å². The number of carbonyl (C=O) groups is 1. The third-order valence-electron chi connectivity index (χ3n) is 2.69. The van der Waals surface area contributed by atoms with Crippen LogP contribution in [0.5, 0.6) is 0 Å². The molecule has 20 heavy (non-hydrogen) atoms. The number of nitrogens with one attached hydrogen (secondary N) is 2. The quantitative estimate of drug-likeness (QED) is 0.843. The molecule has 0 fully saturated rings. The van der Waals surface area contributed by atoms with E-state index in [-0.39, 0.29) is 5.91 Å². The average molecular weight is 274 g/mol. The number of hydrogen-bond donors (Lipinski definition) is 2. The number of rotatable bonds is 6. The second-order valence-corrected chi connectivity index (χ2v) is 4.47. The van der Waals surface area contributed by atoms with Crippen LogP contribution < -0.4 is 10.6 Å². The maximum absolute atomic E-state index is 11.9. The third kappa shape index (κ3) is 3.81. The van der Waals surface area contributed by atoms with Gasteiger partial charge < -0.3 is 15.2 Å².